The number of anilines is 1. The summed E-state index contributed by atoms with van der Waals surface area (Å²) in [5.74, 6) is 0.607. The Morgan fingerprint density at radius 3 is 2.72 bits per heavy atom. The average Bonchev–Trinajstić information content (AvgIpc) is 2.77. The van der Waals surface area contributed by atoms with Crippen molar-refractivity contribution in [3.8, 4) is 11.1 Å². The first kappa shape index (κ1) is 12.7. The lowest BCUT2D eigenvalue weighted by molar-refractivity contribution is 0.483. The van der Waals surface area contributed by atoms with Crippen LogP contribution in [-0.2, 0) is 13.0 Å². The number of nitrogen functional groups attached to an aromatic ring is 1. The lowest BCUT2D eigenvalue weighted by Gasteiger charge is -2.06. The Labute approximate surface area is 109 Å². The minimum Gasteiger partial charge on any atom is -0.399 e. The molecule has 2 aromatic rings. The predicted octanol–water partition coefficient (Wildman–Crippen LogP) is 3.35. The summed E-state index contributed by atoms with van der Waals surface area (Å²) in [6, 6.07) is 6.20. The molecule has 96 valence electrons. The van der Waals surface area contributed by atoms with E-state index in [4.69, 9.17) is 5.73 Å². The third-order valence-electron chi connectivity index (χ3n) is 3.04. The summed E-state index contributed by atoms with van der Waals surface area (Å²) in [5.41, 5.74) is 10.3. The molecule has 3 nitrogen and oxygen atoms in total. The van der Waals surface area contributed by atoms with Gasteiger partial charge in [-0.2, -0.15) is 5.10 Å². The number of aromatic nitrogens is 2. The molecule has 0 aliphatic carbocycles. The Morgan fingerprint density at radius 2 is 2.06 bits per heavy atom. The summed E-state index contributed by atoms with van der Waals surface area (Å²) in [6.45, 7) is 7.47. The minimum atomic E-state index is 0.607. The van der Waals surface area contributed by atoms with E-state index in [1.54, 1.807) is 0 Å². The quantitative estimate of drug-likeness (QED) is 0.837. The van der Waals surface area contributed by atoms with Crippen LogP contribution in [0.5, 0.6) is 0 Å². The van der Waals surface area contributed by atoms with Crippen LogP contribution < -0.4 is 5.73 Å². The second-order valence-electron chi connectivity index (χ2n) is 5.11. The van der Waals surface area contributed by atoms with Crippen LogP contribution in [0.25, 0.3) is 11.1 Å². The maximum Gasteiger partial charge on any atom is 0.0568 e. The van der Waals surface area contributed by atoms with Gasteiger partial charge in [-0.15, -0.1) is 0 Å². The van der Waals surface area contributed by atoms with Crippen LogP contribution >= 0.6 is 0 Å². The first-order valence-electron chi connectivity index (χ1n) is 6.51. The van der Waals surface area contributed by atoms with Crippen molar-refractivity contribution in [1.82, 2.24) is 9.78 Å². The smallest absolute Gasteiger partial charge is 0.0568 e. The molecule has 0 aliphatic rings. The van der Waals surface area contributed by atoms with E-state index < -0.39 is 0 Å². The third kappa shape index (κ3) is 2.73. The molecule has 1 heterocycles. The summed E-state index contributed by atoms with van der Waals surface area (Å²) >= 11 is 0. The van der Waals surface area contributed by atoms with Crippen LogP contribution in [0.3, 0.4) is 0 Å². The van der Waals surface area contributed by atoms with Crippen molar-refractivity contribution in [3.63, 3.8) is 0 Å². The molecule has 2 N–H and O–H groups in total. The van der Waals surface area contributed by atoms with Gasteiger partial charge in [-0.3, -0.25) is 4.68 Å². The number of rotatable bonds is 4. The van der Waals surface area contributed by atoms with Crippen LogP contribution in [-0.4, -0.2) is 9.78 Å². The van der Waals surface area contributed by atoms with Crippen molar-refractivity contribution in [2.75, 3.05) is 5.73 Å². The van der Waals surface area contributed by atoms with Gasteiger partial charge in [-0.25, -0.2) is 0 Å². The van der Waals surface area contributed by atoms with Gasteiger partial charge in [-0.1, -0.05) is 26.8 Å². The molecule has 0 saturated carbocycles. The topological polar surface area (TPSA) is 43.8 Å². The molecular formula is C15H21N3. The molecule has 0 bridgehead atoms. The van der Waals surface area contributed by atoms with E-state index in [1.807, 2.05) is 16.9 Å². The lowest BCUT2D eigenvalue weighted by Crippen LogP contribution is -2.03. The Balaban J connectivity index is 2.28. The number of hydrogen-bond donors (Lipinski definition) is 1. The van der Waals surface area contributed by atoms with Crippen LogP contribution in [0.15, 0.2) is 30.6 Å². The number of aryl methyl sites for hydroxylation is 1. The number of nitrogens with two attached hydrogens (primary N) is 1. The van der Waals surface area contributed by atoms with Crippen molar-refractivity contribution in [1.29, 1.82) is 0 Å². The second-order valence-corrected chi connectivity index (χ2v) is 5.11. The zero-order valence-corrected chi connectivity index (χ0v) is 11.4. The van der Waals surface area contributed by atoms with Crippen LogP contribution in [0.1, 0.15) is 26.3 Å². The summed E-state index contributed by atoms with van der Waals surface area (Å²) in [5, 5.41) is 4.40. The highest BCUT2D eigenvalue weighted by atomic mass is 15.3. The normalized spacial score (nSPS) is 11.1. The van der Waals surface area contributed by atoms with Crippen molar-refractivity contribution in [2.24, 2.45) is 5.92 Å². The Hall–Kier alpha value is -1.77. The summed E-state index contributed by atoms with van der Waals surface area (Å²) < 4.78 is 2.00. The molecule has 0 fully saturated rings. The van der Waals surface area contributed by atoms with E-state index in [0.29, 0.717) is 5.92 Å². The number of hydrogen-bond acceptors (Lipinski definition) is 2. The first-order chi connectivity index (χ1) is 8.60. The molecule has 2 rings (SSSR count). The Bertz CT molecular complexity index is 526. The largest absolute Gasteiger partial charge is 0.399 e. The number of nitrogens with zero attached hydrogens (tertiary/aromatic N) is 2. The van der Waals surface area contributed by atoms with Crippen molar-refractivity contribution in [3.05, 3.63) is 36.2 Å². The fourth-order valence-electron chi connectivity index (χ4n) is 2.08. The third-order valence-corrected chi connectivity index (χ3v) is 3.04. The molecule has 0 unspecified atom stereocenters. The second kappa shape index (κ2) is 5.25. The molecule has 0 saturated heterocycles. The van der Waals surface area contributed by atoms with Gasteiger partial charge in [0.2, 0.25) is 0 Å². The maximum absolute atomic E-state index is 5.93. The van der Waals surface area contributed by atoms with Crippen molar-refractivity contribution in [2.45, 2.75) is 33.7 Å². The van der Waals surface area contributed by atoms with E-state index >= 15 is 0 Å². The highest BCUT2D eigenvalue weighted by Gasteiger charge is 2.05. The number of benzene rings is 1. The van der Waals surface area contributed by atoms with Gasteiger partial charge in [0.1, 0.15) is 0 Å². The van der Waals surface area contributed by atoms with Crippen molar-refractivity contribution >= 4 is 5.69 Å². The molecule has 1 aromatic carbocycles. The summed E-state index contributed by atoms with van der Waals surface area (Å²) in [7, 11) is 0. The summed E-state index contributed by atoms with van der Waals surface area (Å²) in [4.78, 5) is 0. The molecule has 18 heavy (non-hydrogen) atoms. The van der Waals surface area contributed by atoms with E-state index in [0.717, 1.165) is 24.2 Å². The van der Waals surface area contributed by atoms with Crippen molar-refractivity contribution < 1.29 is 0 Å². The molecule has 0 atom stereocenters. The fraction of sp³-hybridized carbons (Fsp3) is 0.400. The Morgan fingerprint density at radius 1 is 1.28 bits per heavy atom. The van der Waals surface area contributed by atoms with Gasteiger partial charge in [0.25, 0.3) is 0 Å². The lowest BCUT2D eigenvalue weighted by atomic mass is 10.0. The van der Waals surface area contributed by atoms with Gasteiger partial charge in [0, 0.05) is 24.0 Å². The molecule has 0 aliphatic heterocycles. The van der Waals surface area contributed by atoms with Gasteiger partial charge < -0.3 is 5.73 Å². The monoisotopic (exact) mass is 243 g/mol. The van der Waals surface area contributed by atoms with Gasteiger partial charge >= 0.3 is 0 Å². The molecule has 0 spiro atoms. The highest BCUT2D eigenvalue weighted by molar-refractivity contribution is 5.66. The average molecular weight is 243 g/mol. The van der Waals surface area contributed by atoms with E-state index in [9.17, 15) is 0 Å². The molecule has 0 amide bonds. The molecule has 3 heteroatoms. The molecule has 0 radical (unpaired) electrons. The molecule has 1 aromatic heterocycles. The fourth-order valence-corrected chi connectivity index (χ4v) is 2.08. The Kier molecular flexibility index (Phi) is 3.70. The van der Waals surface area contributed by atoms with Gasteiger partial charge in [0.05, 0.1) is 6.20 Å². The first-order valence-corrected chi connectivity index (χ1v) is 6.51. The summed E-state index contributed by atoms with van der Waals surface area (Å²) in [6.07, 6.45) is 4.98. The zero-order chi connectivity index (χ0) is 13.1. The maximum atomic E-state index is 5.93. The van der Waals surface area contributed by atoms with Gasteiger partial charge in [-0.05, 0) is 35.6 Å². The van der Waals surface area contributed by atoms with Gasteiger partial charge in [0.15, 0.2) is 0 Å². The zero-order valence-electron chi connectivity index (χ0n) is 11.4. The van der Waals surface area contributed by atoms with E-state index in [-0.39, 0.29) is 0 Å². The minimum absolute atomic E-state index is 0.607. The highest BCUT2D eigenvalue weighted by Crippen LogP contribution is 2.24. The standard InChI is InChI=1S/C15H21N3/c1-4-12-7-13(5-6-15(12)16)14-8-17-18(10-14)9-11(2)3/h5-8,10-11H,4,9,16H2,1-3H3. The molecular weight excluding hydrogens is 222 g/mol. The van der Waals surface area contributed by atoms with Crippen LogP contribution in [0.4, 0.5) is 5.69 Å². The SMILES string of the molecule is CCc1cc(-c2cnn(CC(C)C)c2)ccc1N. The van der Waals surface area contributed by atoms with E-state index in [2.05, 4.69) is 44.2 Å². The van der Waals surface area contributed by atoms with Crippen LogP contribution in [0, 0.1) is 5.92 Å². The van der Waals surface area contributed by atoms with E-state index in [1.165, 1.54) is 11.1 Å². The van der Waals surface area contributed by atoms with Crippen LogP contribution in [0.2, 0.25) is 0 Å². The predicted molar refractivity (Wildman–Crippen MR) is 76.3 cm³/mol.